The van der Waals surface area contributed by atoms with Gasteiger partial charge in [0.1, 0.15) is 5.82 Å². The molecule has 1 aromatic heterocycles. The number of hydrogen-bond acceptors (Lipinski definition) is 2. The maximum atomic E-state index is 12.9. The molecule has 1 saturated heterocycles. The summed E-state index contributed by atoms with van der Waals surface area (Å²) >= 11 is 6.17. The van der Waals surface area contributed by atoms with E-state index in [1.807, 2.05) is 0 Å². The zero-order valence-electron chi connectivity index (χ0n) is 8.84. The fourth-order valence-electron chi connectivity index (χ4n) is 1.72. The van der Waals surface area contributed by atoms with Crippen LogP contribution >= 0.6 is 31.9 Å². The number of aromatic nitrogens is 1. The highest BCUT2D eigenvalue weighted by Crippen LogP contribution is 2.38. The number of rotatable bonds is 1. The van der Waals surface area contributed by atoms with Gasteiger partial charge in [-0.1, -0.05) is 15.9 Å². The number of amides is 1. The molecule has 18 heavy (non-hydrogen) atoms. The summed E-state index contributed by atoms with van der Waals surface area (Å²) in [5.74, 6) is -0.699. The van der Waals surface area contributed by atoms with Crippen LogP contribution < -0.4 is 4.90 Å². The maximum absolute atomic E-state index is 12.9. The van der Waals surface area contributed by atoms with Crippen molar-refractivity contribution in [3.8, 4) is 0 Å². The van der Waals surface area contributed by atoms with E-state index in [0.29, 0.717) is 0 Å². The summed E-state index contributed by atoms with van der Waals surface area (Å²) in [6, 6.07) is 0.928. The average molecular weight is 388 g/mol. The first-order valence-corrected chi connectivity index (χ1v) is 6.67. The Bertz CT molecular complexity index is 493. The van der Waals surface area contributed by atoms with E-state index in [9.17, 15) is 18.0 Å². The topological polar surface area (TPSA) is 33.2 Å². The van der Waals surface area contributed by atoms with Crippen LogP contribution in [0.15, 0.2) is 16.7 Å². The van der Waals surface area contributed by atoms with Gasteiger partial charge >= 0.3 is 6.18 Å². The van der Waals surface area contributed by atoms with Crippen molar-refractivity contribution >= 4 is 43.6 Å². The molecule has 0 aliphatic carbocycles. The summed E-state index contributed by atoms with van der Waals surface area (Å²) in [6.45, 7) is 0.191. The minimum absolute atomic E-state index is 0.142. The number of hydrogen-bond donors (Lipinski definition) is 0. The molecule has 1 amide bonds. The zero-order valence-corrected chi connectivity index (χ0v) is 12.0. The van der Waals surface area contributed by atoms with Gasteiger partial charge in [0.25, 0.3) is 0 Å². The van der Waals surface area contributed by atoms with Crippen molar-refractivity contribution in [3.63, 3.8) is 0 Å². The van der Waals surface area contributed by atoms with Crippen molar-refractivity contribution in [2.24, 2.45) is 0 Å². The normalized spacial score (nSPS) is 20.6. The molecule has 1 aliphatic heterocycles. The highest BCUT2D eigenvalue weighted by Gasteiger charge is 2.39. The minimum atomic E-state index is -4.54. The van der Waals surface area contributed by atoms with E-state index in [-0.39, 0.29) is 34.0 Å². The summed E-state index contributed by atoms with van der Waals surface area (Å²) < 4.78 is 38.9. The van der Waals surface area contributed by atoms with E-state index in [1.54, 1.807) is 0 Å². The van der Waals surface area contributed by atoms with Crippen LogP contribution in [-0.4, -0.2) is 22.3 Å². The van der Waals surface area contributed by atoms with Crippen LogP contribution in [0.5, 0.6) is 0 Å². The van der Waals surface area contributed by atoms with E-state index in [2.05, 4.69) is 36.8 Å². The molecule has 98 valence electrons. The average Bonchev–Trinajstić information content (AvgIpc) is 2.56. The molecule has 0 spiro atoms. The zero-order chi connectivity index (χ0) is 13.5. The molecule has 0 bridgehead atoms. The van der Waals surface area contributed by atoms with Crippen LogP contribution in [0.25, 0.3) is 0 Å². The third-order valence-electron chi connectivity index (χ3n) is 2.47. The van der Waals surface area contributed by atoms with Crippen molar-refractivity contribution in [1.82, 2.24) is 4.98 Å². The number of carbonyl (C=O) groups is 1. The molecule has 0 aromatic carbocycles. The molecular formula is C10H7Br2F3N2O. The first-order chi connectivity index (χ1) is 8.29. The van der Waals surface area contributed by atoms with Gasteiger partial charge in [0.05, 0.1) is 5.56 Å². The summed E-state index contributed by atoms with van der Waals surface area (Å²) in [4.78, 5) is 16.3. The second-order valence-electron chi connectivity index (χ2n) is 3.83. The molecule has 8 heteroatoms. The van der Waals surface area contributed by atoms with Crippen LogP contribution in [0.3, 0.4) is 0 Å². The number of carbonyl (C=O) groups excluding carboxylic acids is 1. The number of anilines is 1. The Balaban J connectivity index is 2.48. The molecule has 1 unspecified atom stereocenters. The SMILES string of the molecule is O=C1CC(Br)CN1c1ncc(Br)cc1C(F)(F)F. The van der Waals surface area contributed by atoms with Gasteiger partial charge in [0, 0.05) is 28.5 Å². The van der Waals surface area contributed by atoms with Crippen molar-refractivity contribution in [1.29, 1.82) is 0 Å². The fraction of sp³-hybridized carbons (Fsp3) is 0.400. The molecule has 2 rings (SSSR count). The Morgan fingerprint density at radius 3 is 2.61 bits per heavy atom. The molecule has 2 heterocycles. The van der Waals surface area contributed by atoms with E-state index in [4.69, 9.17) is 0 Å². The quantitative estimate of drug-likeness (QED) is 0.692. The summed E-state index contributed by atoms with van der Waals surface area (Å²) in [6.07, 6.45) is -3.12. The van der Waals surface area contributed by atoms with Gasteiger partial charge in [-0.25, -0.2) is 4.98 Å². The number of alkyl halides is 4. The van der Waals surface area contributed by atoms with E-state index in [0.717, 1.165) is 11.0 Å². The number of halogens is 5. The lowest BCUT2D eigenvalue weighted by molar-refractivity contribution is -0.137. The van der Waals surface area contributed by atoms with E-state index >= 15 is 0 Å². The van der Waals surface area contributed by atoms with E-state index < -0.39 is 11.7 Å². The summed E-state index contributed by atoms with van der Waals surface area (Å²) in [7, 11) is 0. The fourth-order valence-corrected chi connectivity index (χ4v) is 2.62. The molecule has 0 N–H and O–H groups in total. The highest BCUT2D eigenvalue weighted by molar-refractivity contribution is 9.10. The molecule has 1 aromatic rings. The predicted octanol–water partition coefficient (Wildman–Crippen LogP) is 3.36. The lowest BCUT2D eigenvalue weighted by Crippen LogP contribution is -2.28. The Labute approximate surface area is 118 Å². The van der Waals surface area contributed by atoms with Crippen LogP contribution in [0.2, 0.25) is 0 Å². The molecular weight excluding hydrogens is 381 g/mol. The lowest BCUT2D eigenvalue weighted by Gasteiger charge is -2.20. The Morgan fingerprint density at radius 1 is 1.44 bits per heavy atom. The van der Waals surface area contributed by atoms with Crippen LogP contribution in [0, 0.1) is 0 Å². The van der Waals surface area contributed by atoms with Gasteiger partial charge in [0.2, 0.25) is 5.91 Å². The third-order valence-corrected chi connectivity index (χ3v) is 3.52. The molecule has 1 aliphatic rings. The van der Waals surface area contributed by atoms with Crippen molar-refractivity contribution in [2.45, 2.75) is 17.4 Å². The molecule has 1 fully saturated rings. The van der Waals surface area contributed by atoms with Crippen LogP contribution in [0.4, 0.5) is 19.0 Å². The maximum Gasteiger partial charge on any atom is 0.420 e. The van der Waals surface area contributed by atoms with Gasteiger partial charge in [-0.15, -0.1) is 0 Å². The largest absolute Gasteiger partial charge is 0.420 e. The second kappa shape index (κ2) is 4.80. The standard InChI is InChI=1S/C10H7Br2F3N2O/c11-5-1-7(10(13,14)15)9(16-3-5)17-4-6(12)2-8(17)18/h1,3,6H,2,4H2. The van der Waals surface area contributed by atoms with Gasteiger partial charge in [-0.2, -0.15) is 13.2 Å². The Kier molecular flexibility index (Phi) is 3.68. The summed E-state index contributed by atoms with van der Waals surface area (Å²) in [5.41, 5.74) is -0.910. The highest BCUT2D eigenvalue weighted by atomic mass is 79.9. The van der Waals surface area contributed by atoms with E-state index in [1.165, 1.54) is 6.20 Å². The second-order valence-corrected chi connectivity index (χ2v) is 6.04. The van der Waals surface area contributed by atoms with Crippen molar-refractivity contribution < 1.29 is 18.0 Å². The lowest BCUT2D eigenvalue weighted by atomic mass is 10.2. The number of nitrogens with zero attached hydrogens (tertiary/aromatic N) is 2. The van der Waals surface area contributed by atoms with Gasteiger partial charge < -0.3 is 0 Å². The Hall–Kier alpha value is -0.630. The third kappa shape index (κ3) is 2.69. The van der Waals surface area contributed by atoms with Crippen molar-refractivity contribution in [2.75, 3.05) is 11.4 Å². The smallest absolute Gasteiger partial charge is 0.295 e. The monoisotopic (exact) mass is 386 g/mol. The van der Waals surface area contributed by atoms with Crippen LogP contribution in [-0.2, 0) is 11.0 Å². The van der Waals surface area contributed by atoms with Gasteiger partial charge in [-0.3, -0.25) is 9.69 Å². The molecule has 3 nitrogen and oxygen atoms in total. The van der Waals surface area contributed by atoms with Crippen molar-refractivity contribution in [3.05, 3.63) is 22.3 Å². The summed E-state index contributed by atoms with van der Waals surface area (Å²) in [5, 5.41) is 0. The first-order valence-electron chi connectivity index (χ1n) is 4.96. The molecule has 0 saturated carbocycles. The molecule has 0 radical (unpaired) electrons. The predicted molar refractivity (Wildman–Crippen MR) is 66.6 cm³/mol. The van der Waals surface area contributed by atoms with Gasteiger partial charge in [-0.05, 0) is 22.0 Å². The molecule has 1 atom stereocenters. The van der Waals surface area contributed by atoms with Gasteiger partial charge in [0.15, 0.2) is 0 Å². The number of pyridine rings is 1. The Morgan fingerprint density at radius 2 is 2.11 bits per heavy atom. The van der Waals surface area contributed by atoms with Crippen LogP contribution in [0.1, 0.15) is 12.0 Å². The first kappa shape index (κ1) is 13.8. The minimum Gasteiger partial charge on any atom is -0.295 e.